The molecule has 0 saturated heterocycles. The van der Waals surface area contributed by atoms with E-state index in [4.69, 9.17) is 16.3 Å². The van der Waals surface area contributed by atoms with E-state index in [0.29, 0.717) is 13.0 Å². The van der Waals surface area contributed by atoms with Crippen LogP contribution in [-0.4, -0.2) is 22.6 Å². The third-order valence-corrected chi connectivity index (χ3v) is 2.94. The minimum atomic E-state index is -0.424. The highest BCUT2D eigenvalue weighted by Crippen LogP contribution is 2.03. The van der Waals surface area contributed by atoms with Crippen LogP contribution in [0.2, 0.25) is 5.28 Å². The fraction of sp³-hybridized carbons (Fsp3) is 0.188. The third kappa shape index (κ3) is 5.93. The summed E-state index contributed by atoms with van der Waals surface area (Å²) in [5.41, 5.74) is 1.82. The second-order valence-electron chi connectivity index (χ2n) is 4.46. The van der Waals surface area contributed by atoms with Crippen molar-refractivity contribution in [2.45, 2.75) is 13.0 Å². The van der Waals surface area contributed by atoms with Gasteiger partial charge in [-0.15, -0.1) is 0 Å². The molecule has 2 aromatic rings. The Morgan fingerprint density at radius 1 is 1.23 bits per heavy atom. The van der Waals surface area contributed by atoms with Gasteiger partial charge in [0, 0.05) is 24.5 Å². The number of hydrogen-bond donors (Lipinski definition) is 1. The van der Waals surface area contributed by atoms with Gasteiger partial charge in [0.25, 0.3) is 0 Å². The van der Waals surface area contributed by atoms with Crippen LogP contribution in [-0.2, 0) is 11.3 Å². The number of amides is 1. The molecule has 114 valence electrons. The maximum atomic E-state index is 11.5. The topological polar surface area (TPSA) is 64.1 Å². The average Bonchev–Trinajstić information content (AvgIpc) is 2.55. The predicted octanol–water partition coefficient (Wildman–Crippen LogP) is 3.46. The summed E-state index contributed by atoms with van der Waals surface area (Å²) in [5.74, 6) is 0. The monoisotopic (exact) mass is 317 g/mol. The van der Waals surface area contributed by atoms with Crippen LogP contribution in [0, 0.1) is 0 Å². The van der Waals surface area contributed by atoms with Crippen molar-refractivity contribution in [1.29, 1.82) is 0 Å². The number of aromatic nitrogens is 2. The van der Waals surface area contributed by atoms with Gasteiger partial charge in [-0.05, 0) is 23.6 Å². The van der Waals surface area contributed by atoms with Crippen molar-refractivity contribution in [2.24, 2.45) is 0 Å². The molecule has 22 heavy (non-hydrogen) atoms. The number of halogens is 1. The van der Waals surface area contributed by atoms with Crippen LogP contribution in [0.25, 0.3) is 6.08 Å². The summed E-state index contributed by atoms with van der Waals surface area (Å²) in [6.45, 7) is 0.767. The maximum absolute atomic E-state index is 11.5. The van der Waals surface area contributed by atoms with E-state index in [0.717, 1.165) is 11.1 Å². The largest absolute Gasteiger partial charge is 0.445 e. The second kappa shape index (κ2) is 8.79. The maximum Gasteiger partial charge on any atom is 0.407 e. The van der Waals surface area contributed by atoms with Crippen LogP contribution in [0.5, 0.6) is 0 Å². The quantitative estimate of drug-likeness (QED) is 0.654. The normalized spacial score (nSPS) is 10.6. The predicted molar refractivity (Wildman–Crippen MR) is 85.3 cm³/mol. The first-order chi connectivity index (χ1) is 10.7. The van der Waals surface area contributed by atoms with Gasteiger partial charge in [-0.25, -0.2) is 14.8 Å². The van der Waals surface area contributed by atoms with E-state index in [1.807, 2.05) is 42.5 Å². The molecule has 0 fully saturated rings. The van der Waals surface area contributed by atoms with Crippen molar-refractivity contribution in [3.63, 3.8) is 0 Å². The molecule has 0 aliphatic carbocycles. The van der Waals surface area contributed by atoms with Gasteiger partial charge in [0.05, 0.1) is 0 Å². The molecule has 1 amide bonds. The molecular formula is C16H16ClN3O2. The molecule has 1 heterocycles. The number of benzene rings is 1. The van der Waals surface area contributed by atoms with Crippen LogP contribution >= 0.6 is 11.6 Å². The van der Waals surface area contributed by atoms with Gasteiger partial charge in [0.2, 0.25) is 5.28 Å². The zero-order valence-electron chi connectivity index (χ0n) is 11.9. The number of rotatable bonds is 6. The van der Waals surface area contributed by atoms with Gasteiger partial charge >= 0.3 is 6.09 Å². The molecule has 0 bridgehead atoms. The molecule has 0 saturated carbocycles. The summed E-state index contributed by atoms with van der Waals surface area (Å²) < 4.78 is 5.10. The Hall–Kier alpha value is -2.40. The Bertz CT molecular complexity index is 615. The zero-order valence-corrected chi connectivity index (χ0v) is 12.7. The van der Waals surface area contributed by atoms with Crippen molar-refractivity contribution in [1.82, 2.24) is 15.3 Å². The number of carbonyl (C=O) groups is 1. The van der Waals surface area contributed by atoms with Crippen molar-refractivity contribution in [2.75, 3.05) is 6.54 Å². The number of hydrogen-bond acceptors (Lipinski definition) is 4. The van der Waals surface area contributed by atoms with E-state index in [2.05, 4.69) is 15.3 Å². The van der Waals surface area contributed by atoms with E-state index < -0.39 is 6.09 Å². The molecule has 0 radical (unpaired) electrons. The summed E-state index contributed by atoms with van der Waals surface area (Å²) in [6, 6.07) is 9.54. The number of nitrogens with one attached hydrogen (secondary N) is 1. The molecule has 1 N–H and O–H groups in total. The number of nitrogens with zero attached hydrogens (tertiary/aromatic N) is 2. The summed E-state index contributed by atoms with van der Waals surface area (Å²) in [5, 5.41) is 2.91. The van der Waals surface area contributed by atoms with Crippen molar-refractivity contribution >= 4 is 23.8 Å². The van der Waals surface area contributed by atoms with Gasteiger partial charge in [0.15, 0.2) is 0 Å². The Kier molecular flexibility index (Phi) is 6.39. The molecule has 0 aliphatic heterocycles. The van der Waals surface area contributed by atoms with E-state index in [-0.39, 0.29) is 11.9 Å². The van der Waals surface area contributed by atoms with Gasteiger partial charge in [-0.3, -0.25) is 0 Å². The fourth-order valence-electron chi connectivity index (χ4n) is 1.66. The Labute approximate surface area is 134 Å². The lowest BCUT2D eigenvalue weighted by Crippen LogP contribution is -2.24. The lowest BCUT2D eigenvalue weighted by molar-refractivity contribution is 0.140. The van der Waals surface area contributed by atoms with Crippen molar-refractivity contribution in [3.8, 4) is 0 Å². The first-order valence-corrected chi connectivity index (χ1v) is 7.20. The molecule has 1 aromatic carbocycles. The van der Waals surface area contributed by atoms with Gasteiger partial charge in [-0.2, -0.15) is 0 Å². The summed E-state index contributed by atoms with van der Waals surface area (Å²) in [6.07, 6.45) is 7.31. The Morgan fingerprint density at radius 3 is 2.68 bits per heavy atom. The van der Waals surface area contributed by atoms with E-state index in [9.17, 15) is 4.79 Å². The first kappa shape index (κ1) is 16.0. The standard InChI is InChI=1S/C16H16ClN3O2/c17-15-19-10-14(11-20-15)8-4-5-9-18-16(21)22-12-13-6-2-1-3-7-13/h1-4,6-8,10-11H,5,9,12H2,(H,18,21). The minimum Gasteiger partial charge on any atom is -0.445 e. The molecule has 5 nitrogen and oxygen atoms in total. The molecular weight excluding hydrogens is 302 g/mol. The number of alkyl carbamates (subject to hydrolysis) is 1. The highest BCUT2D eigenvalue weighted by molar-refractivity contribution is 6.28. The molecule has 2 rings (SSSR count). The van der Waals surface area contributed by atoms with E-state index in [1.165, 1.54) is 0 Å². The molecule has 1 aromatic heterocycles. The number of ether oxygens (including phenoxy) is 1. The summed E-state index contributed by atoms with van der Waals surface area (Å²) in [7, 11) is 0. The minimum absolute atomic E-state index is 0.222. The van der Waals surface area contributed by atoms with Gasteiger partial charge < -0.3 is 10.1 Å². The number of carbonyl (C=O) groups excluding carboxylic acids is 1. The average molecular weight is 318 g/mol. The van der Waals surface area contributed by atoms with Crippen LogP contribution in [0.1, 0.15) is 17.5 Å². The molecule has 0 spiro atoms. The molecule has 0 unspecified atom stereocenters. The third-order valence-electron chi connectivity index (χ3n) is 2.74. The SMILES string of the molecule is O=C(NCCC=Cc1cnc(Cl)nc1)OCc1ccccc1. The highest BCUT2D eigenvalue weighted by atomic mass is 35.5. The van der Waals surface area contributed by atoms with Crippen molar-refractivity contribution in [3.05, 3.63) is 65.2 Å². The lowest BCUT2D eigenvalue weighted by Gasteiger charge is -2.05. The van der Waals surface area contributed by atoms with Gasteiger partial charge in [-0.1, -0.05) is 42.5 Å². The van der Waals surface area contributed by atoms with Crippen LogP contribution < -0.4 is 5.32 Å². The summed E-state index contributed by atoms with van der Waals surface area (Å²) in [4.78, 5) is 19.2. The molecule has 6 heteroatoms. The molecule has 0 aliphatic rings. The summed E-state index contributed by atoms with van der Waals surface area (Å²) >= 11 is 5.60. The smallest absolute Gasteiger partial charge is 0.407 e. The van der Waals surface area contributed by atoms with Crippen LogP contribution in [0.15, 0.2) is 48.8 Å². The van der Waals surface area contributed by atoms with Gasteiger partial charge in [0.1, 0.15) is 6.61 Å². The lowest BCUT2D eigenvalue weighted by atomic mass is 10.2. The first-order valence-electron chi connectivity index (χ1n) is 6.82. The second-order valence-corrected chi connectivity index (χ2v) is 4.80. The van der Waals surface area contributed by atoms with Crippen molar-refractivity contribution < 1.29 is 9.53 Å². The zero-order chi connectivity index (χ0) is 15.6. The Balaban J connectivity index is 1.61. The van der Waals surface area contributed by atoms with E-state index in [1.54, 1.807) is 12.4 Å². The van der Waals surface area contributed by atoms with E-state index >= 15 is 0 Å². The molecule has 0 atom stereocenters. The van der Waals surface area contributed by atoms with Crippen LogP contribution in [0.4, 0.5) is 4.79 Å². The Morgan fingerprint density at radius 2 is 1.95 bits per heavy atom. The highest BCUT2D eigenvalue weighted by Gasteiger charge is 2.00. The fourth-order valence-corrected chi connectivity index (χ4v) is 1.76. The van der Waals surface area contributed by atoms with Crippen LogP contribution in [0.3, 0.4) is 0 Å².